The minimum atomic E-state index is -1.16. The highest BCUT2D eigenvalue weighted by Crippen LogP contribution is 2.13. The zero-order valence-corrected chi connectivity index (χ0v) is 9.41. The molecule has 1 unspecified atom stereocenters. The van der Waals surface area contributed by atoms with E-state index in [1.807, 2.05) is 6.07 Å². The van der Waals surface area contributed by atoms with E-state index < -0.39 is 24.5 Å². The zero-order chi connectivity index (χ0) is 12.7. The van der Waals surface area contributed by atoms with Gasteiger partial charge in [0.1, 0.15) is 0 Å². The van der Waals surface area contributed by atoms with Gasteiger partial charge >= 0.3 is 0 Å². The minimum Gasteiger partial charge on any atom is -0.396 e. The number of benzene rings is 1. The molecule has 0 saturated heterocycles. The summed E-state index contributed by atoms with van der Waals surface area (Å²) in [7, 11) is 0. The molecule has 0 aliphatic heterocycles. The van der Waals surface area contributed by atoms with E-state index in [0.29, 0.717) is 5.69 Å². The molecule has 0 aliphatic rings. The van der Waals surface area contributed by atoms with E-state index in [0.717, 1.165) is 0 Å². The molecule has 17 heavy (non-hydrogen) atoms. The molecule has 1 aromatic rings. The van der Waals surface area contributed by atoms with E-state index in [2.05, 4.69) is 5.32 Å². The van der Waals surface area contributed by atoms with Crippen molar-refractivity contribution in [1.29, 1.82) is 0 Å². The van der Waals surface area contributed by atoms with Crippen LogP contribution in [0.2, 0.25) is 0 Å². The van der Waals surface area contributed by atoms with Crippen molar-refractivity contribution >= 4 is 11.6 Å². The first-order valence-electron chi connectivity index (χ1n) is 5.44. The predicted molar refractivity (Wildman–Crippen MR) is 63.4 cm³/mol. The second-order valence-corrected chi connectivity index (χ2v) is 3.72. The van der Waals surface area contributed by atoms with Crippen LogP contribution in [0.25, 0.3) is 0 Å². The Morgan fingerprint density at radius 3 is 2.41 bits per heavy atom. The average molecular weight is 239 g/mol. The van der Waals surface area contributed by atoms with Gasteiger partial charge in [-0.2, -0.15) is 0 Å². The van der Waals surface area contributed by atoms with Gasteiger partial charge in [-0.15, -0.1) is 0 Å². The summed E-state index contributed by atoms with van der Waals surface area (Å²) in [5, 5.41) is 29.8. The number of aliphatic hydroxyl groups excluding tert-OH is 3. The molecule has 5 heteroatoms. The molecule has 0 spiro atoms. The fourth-order valence-corrected chi connectivity index (χ4v) is 1.52. The summed E-state index contributed by atoms with van der Waals surface area (Å²) < 4.78 is 0. The van der Waals surface area contributed by atoms with Gasteiger partial charge in [0.2, 0.25) is 5.91 Å². The number of para-hydroxylation sites is 1. The summed E-state index contributed by atoms with van der Waals surface area (Å²) in [6, 6.07) is 8.82. The van der Waals surface area contributed by atoms with Crippen molar-refractivity contribution in [2.75, 3.05) is 18.5 Å². The molecule has 0 saturated carbocycles. The maximum Gasteiger partial charge on any atom is 0.230 e. The predicted octanol–water partition coefficient (Wildman–Crippen LogP) is -0.0231. The number of anilines is 1. The summed E-state index contributed by atoms with van der Waals surface area (Å²) in [6.07, 6.45) is -1.05. The largest absolute Gasteiger partial charge is 0.396 e. The van der Waals surface area contributed by atoms with E-state index in [-0.39, 0.29) is 13.0 Å². The number of aliphatic hydroxyl groups is 3. The lowest BCUT2D eigenvalue weighted by Crippen LogP contribution is -2.35. The van der Waals surface area contributed by atoms with Crippen molar-refractivity contribution in [3.05, 3.63) is 30.3 Å². The highest BCUT2D eigenvalue weighted by Gasteiger charge is 2.25. The second kappa shape index (κ2) is 7.01. The van der Waals surface area contributed by atoms with Crippen LogP contribution in [-0.4, -0.2) is 40.5 Å². The van der Waals surface area contributed by atoms with Crippen LogP contribution in [-0.2, 0) is 4.79 Å². The SMILES string of the molecule is O=C(Nc1ccccc1)[C@@H](CCO)C(O)CO. The second-order valence-electron chi connectivity index (χ2n) is 3.72. The first-order chi connectivity index (χ1) is 8.19. The Hall–Kier alpha value is -1.43. The van der Waals surface area contributed by atoms with E-state index in [1.165, 1.54) is 0 Å². The molecule has 0 heterocycles. The smallest absolute Gasteiger partial charge is 0.230 e. The lowest BCUT2D eigenvalue weighted by molar-refractivity contribution is -0.125. The first-order valence-corrected chi connectivity index (χ1v) is 5.44. The number of hydrogen-bond acceptors (Lipinski definition) is 4. The molecule has 2 atom stereocenters. The topological polar surface area (TPSA) is 89.8 Å². The van der Waals surface area contributed by atoms with Crippen molar-refractivity contribution in [2.45, 2.75) is 12.5 Å². The Bertz CT molecular complexity index is 342. The zero-order valence-electron chi connectivity index (χ0n) is 9.41. The quantitative estimate of drug-likeness (QED) is 0.561. The monoisotopic (exact) mass is 239 g/mol. The number of rotatable bonds is 6. The molecular formula is C12H17NO4. The molecule has 0 aliphatic carbocycles. The molecule has 5 nitrogen and oxygen atoms in total. The normalized spacial score (nSPS) is 14.1. The molecule has 94 valence electrons. The van der Waals surface area contributed by atoms with Crippen molar-refractivity contribution in [3.8, 4) is 0 Å². The highest BCUT2D eigenvalue weighted by atomic mass is 16.3. The van der Waals surface area contributed by atoms with Crippen molar-refractivity contribution < 1.29 is 20.1 Å². The fraction of sp³-hybridized carbons (Fsp3) is 0.417. The molecule has 1 rings (SSSR count). The van der Waals surface area contributed by atoms with Crippen LogP contribution in [0.4, 0.5) is 5.69 Å². The fourth-order valence-electron chi connectivity index (χ4n) is 1.52. The van der Waals surface area contributed by atoms with Crippen LogP contribution in [0.15, 0.2) is 30.3 Å². The number of nitrogens with one attached hydrogen (secondary N) is 1. The van der Waals surface area contributed by atoms with E-state index in [1.54, 1.807) is 24.3 Å². The van der Waals surface area contributed by atoms with Crippen molar-refractivity contribution in [3.63, 3.8) is 0 Å². The highest BCUT2D eigenvalue weighted by molar-refractivity contribution is 5.92. The maximum atomic E-state index is 11.8. The van der Waals surface area contributed by atoms with Crippen LogP contribution in [0.1, 0.15) is 6.42 Å². The Balaban J connectivity index is 2.65. The summed E-state index contributed by atoms with van der Waals surface area (Å²) in [5.41, 5.74) is 0.616. The molecule has 0 aromatic heterocycles. The Morgan fingerprint density at radius 1 is 1.24 bits per heavy atom. The maximum absolute atomic E-state index is 11.8. The third-order valence-corrected chi connectivity index (χ3v) is 2.47. The summed E-state index contributed by atoms with van der Waals surface area (Å²) in [4.78, 5) is 11.8. The van der Waals surface area contributed by atoms with E-state index in [4.69, 9.17) is 10.2 Å². The van der Waals surface area contributed by atoms with Gasteiger partial charge in [-0.3, -0.25) is 4.79 Å². The number of carbonyl (C=O) groups is 1. The first kappa shape index (κ1) is 13.6. The summed E-state index contributed by atoms with van der Waals surface area (Å²) >= 11 is 0. The standard InChI is InChI=1S/C12H17NO4/c14-7-6-10(11(16)8-15)12(17)13-9-4-2-1-3-5-9/h1-5,10-11,14-16H,6-8H2,(H,13,17)/t10-,11?/m0/s1. The molecule has 0 bridgehead atoms. The summed E-state index contributed by atoms with van der Waals surface area (Å²) in [6.45, 7) is -0.725. The van der Waals surface area contributed by atoms with Gasteiger partial charge in [0.05, 0.1) is 18.6 Å². The van der Waals surface area contributed by atoms with Crippen molar-refractivity contribution in [1.82, 2.24) is 0 Å². The van der Waals surface area contributed by atoms with Crippen LogP contribution in [0, 0.1) is 5.92 Å². The lowest BCUT2D eigenvalue weighted by Gasteiger charge is -2.19. The molecular weight excluding hydrogens is 222 g/mol. The van der Waals surface area contributed by atoms with Crippen LogP contribution in [0.5, 0.6) is 0 Å². The molecule has 1 amide bonds. The third kappa shape index (κ3) is 4.14. The van der Waals surface area contributed by atoms with Gasteiger partial charge in [-0.05, 0) is 18.6 Å². The van der Waals surface area contributed by atoms with Gasteiger partial charge in [-0.25, -0.2) is 0 Å². The van der Waals surface area contributed by atoms with Gasteiger partial charge in [0.25, 0.3) is 0 Å². The van der Waals surface area contributed by atoms with Crippen LogP contribution >= 0.6 is 0 Å². The Morgan fingerprint density at radius 2 is 1.88 bits per heavy atom. The third-order valence-electron chi connectivity index (χ3n) is 2.47. The van der Waals surface area contributed by atoms with Crippen LogP contribution < -0.4 is 5.32 Å². The molecule has 0 fully saturated rings. The molecule has 1 aromatic carbocycles. The molecule has 0 radical (unpaired) electrons. The van der Waals surface area contributed by atoms with Gasteiger partial charge in [-0.1, -0.05) is 18.2 Å². The van der Waals surface area contributed by atoms with Gasteiger partial charge in [0.15, 0.2) is 0 Å². The minimum absolute atomic E-state index is 0.112. The van der Waals surface area contributed by atoms with Gasteiger partial charge < -0.3 is 20.6 Å². The number of amides is 1. The Labute approximate surface area is 99.7 Å². The average Bonchev–Trinajstić information content (AvgIpc) is 2.36. The lowest BCUT2D eigenvalue weighted by atomic mass is 9.98. The van der Waals surface area contributed by atoms with Crippen LogP contribution in [0.3, 0.4) is 0 Å². The molecule has 4 N–H and O–H groups in total. The van der Waals surface area contributed by atoms with E-state index >= 15 is 0 Å². The number of hydrogen-bond donors (Lipinski definition) is 4. The number of carbonyl (C=O) groups excluding carboxylic acids is 1. The van der Waals surface area contributed by atoms with Crippen molar-refractivity contribution in [2.24, 2.45) is 5.92 Å². The van der Waals surface area contributed by atoms with Gasteiger partial charge in [0, 0.05) is 12.3 Å². The summed E-state index contributed by atoms with van der Waals surface area (Å²) in [5.74, 6) is -1.22. The Kier molecular flexibility index (Phi) is 5.62. The van der Waals surface area contributed by atoms with E-state index in [9.17, 15) is 9.90 Å².